The minimum atomic E-state index is -0.740. The topological polar surface area (TPSA) is 143 Å². The number of nitrogen functional groups attached to an aromatic ring is 1. The summed E-state index contributed by atoms with van der Waals surface area (Å²) in [6.07, 6.45) is 0.690. The average Bonchev–Trinajstić information content (AvgIpc) is 2.77. The molecule has 4 N–H and O–H groups in total. The predicted molar refractivity (Wildman–Crippen MR) is 126 cm³/mol. The van der Waals surface area contributed by atoms with Gasteiger partial charge in [0, 0.05) is 26.8 Å². The summed E-state index contributed by atoms with van der Waals surface area (Å²) in [5.41, 5.74) is 5.53. The second kappa shape index (κ2) is 12.6. The molecule has 1 aromatic carbocycles. The van der Waals surface area contributed by atoms with Crippen LogP contribution in [0.15, 0.2) is 39.9 Å². The molecule has 0 saturated carbocycles. The van der Waals surface area contributed by atoms with Crippen LogP contribution in [0.1, 0.15) is 18.9 Å². The Hall–Kier alpha value is -3.44. The van der Waals surface area contributed by atoms with E-state index in [1.807, 2.05) is 30.3 Å². The SMILES string of the molecule is CCN(C(=O)CN(C)CC(=O)NCCCOC)c1c(N)n(Cc2ccccc2)c(=O)[nH]c1=O. The predicted octanol–water partition coefficient (Wildman–Crippen LogP) is -0.395. The lowest BCUT2D eigenvalue weighted by Gasteiger charge is -2.25. The highest BCUT2D eigenvalue weighted by Crippen LogP contribution is 2.18. The maximum absolute atomic E-state index is 13.0. The molecule has 0 saturated heterocycles. The van der Waals surface area contributed by atoms with E-state index in [-0.39, 0.29) is 43.6 Å². The van der Waals surface area contributed by atoms with Crippen LogP contribution in [0.3, 0.4) is 0 Å². The highest BCUT2D eigenvalue weighted by atomic mass is 16.5. The van der Waals surface area contributed by atoms with Gasteiger partial charge in [-0.15, -0.1) is 0 Å². The number of aromatic amines is 1. The third-order valence-electron chi connectivity index (χ3n) is 4.95. The Kier molecular flexibility index (Phi) is 9.83. The molecular weight excluding hydrogens is 428 g/mol. The van der Waals surface area contributed by atoms with Crippen molar-refractivity contribution in [3.63, 3.8) is 0 Å². The number of carbonyl (C=O) groups excluding carboxylic acids is 2. The van der Waals surface area contributed by atoms with Gasteiger partial charge in [-0.05, 0) is 26.0 Å². The van der Waals surface area contributed by atoms with Gasteiger partial charge in [-0.2, -0.15) is 0 Å². The number of rotatable bonds is 12. The van der Waals surface area contributed by atoms with Crippen LogP contribution >= 0.6 is 0 Å². The Morgan fingerprint density at radius 2 is 1.88 bits per heavy atom. The van der Waals surface area contributed by atoms with Crippen LogP contribution in [0.2, 0.25) is 0 Å². The molecule has 0 atom stereocenters. The molecule has 11 nitrogen and oxygen atoms in total. The molecule has 180 valence electrons. The number of anilines is 2. The molecule has 2 amide bonds. The van der Waals surface area contributed by atoms with Gasteiger partial charge >= 0.3 is 5.69 Å². The van der Waals surface area contributed by atoms with E-state index in [9.17, 15) is 19.2 Å². The largest absolute Gasteiger partial charge is 0.385 e. The van der Waals surface area contributed by atoms with Gasteiger partial charge < -0.3 is 20.7 Å². The van der Waals surface area contributed by atoms with Crippen molar-refractivity contribution in [3.8, 4) is 0 Å². The first-order valence-corrected chi connectivity index (χ1v) is 10.7. The number of carbonyl (C=O) groups is 2. The van der Waals surface area contributed by atoms with E-state index >= 15 is 0 Å². The molecule has 0 spiro atoms. The van der Waals surface area contributed by atoms with Crippen molar-refractivity contribution < 1.29 is 14.3 Å². The van der Waals surface area contributed by atoms with Crippen molar-refractivity contribution >= 4 is 23.3 Å². The fourth-order valence-electron chi connectivity index (χ4n) is 3.34. The smallest absolute Gasteiger partial charge is 0.330 e. The van der Waals surface area contributed by atoms with E-state index in [0.29, 0.717) is 19.6 Å². The zero-order valence-electron chi connectivity index (χ0n) is 19.3. The third-order valence-corrected chi connectivity index (χ3v) is 4.95. The van der Waals surface area contributed by atoms with Gasteiger partial charge in [0.1, 0.15) is 5.82 Å². The van der Waals surface area contributed by atoms with Gasteiger partial charge in [0.25, 0.3) is 5.56 Å². The van der Waals surface area contributed by atoms with Gasteiger partial charge in [-0.3, -0.25) is 28.8 Å². The summed E-state index contributed by atoms with van der Waals surface area (Å²) in [6.45, 7) is 2.92. The van der Waals surface area contributed by atoms with E-state index in [1.54, 1.807) is 26.0 Å². The lowest BCUT2D eigenvalue weighted by Crippen LogP contribution is -2.46. The molecule has 0 bridgehead atoms. The number of H-pyrrole nitrogens is 1. The number of hydrogen-bond acceptors (Lipinski definition) is 7. The second-order valence-electron chi connectivity index (χ2n) is 7.57. The van der Waals surface area contributed by atoms with E-state index in [0.717, 1.165) is 5.56 Å². The van der Waals surface area contributed by atoms with Gasteiger partial charge in [0.15, 0.2) is 5.69 Å². The Labute approximate surface area is 192 Å². The van der Waals surface area contributed by atoms with Crippen LogP contribution in [-0.4, -0.2) is 73.2 Å². The van der Waals surface area contributed by atoms with Crippen molar-refractivity contribution in [2.45, 2.75) is 19.9 Å². The lowest BCUT2D eigenvalue weighted by molar-refractivity contribution is -0.123. The maximum atomic E-state index is 13.0. The van der Waals surface area contributed by atoms with Crippen LogP contribution in [0, 0.1) is 0 Å². The van der Waals surface area contributed by atoms with Crippen LogP contribution in [0.5, 0.6) is 0 Å². The summed E-state index contributed by atoms with van der Waals surface area (Å²) >= 11 is 0. The van der Waals surface area contributed by atoms with Gasteiger partial charge in [0.2, 0.25) is 11.8 Å². The number of hydrogen-bond donors (Lipinski definition) is 3. The molecule has 0 aliphatic carbocycles. The fraction of sp³-hybridized carbons (Fsp3) is 0.455. The molecule has 0 aliphatic rings. The first-order valence-electron chi connectivity index (χ1n) is 10.7. The number of nitrogens with one attached hydrogen (secondary N) is 2. The zero-order valence-corrected chi connectivity index (χ0v) is 19.3. The number of methoxy groups -OCH3 is 1. The molecule has 33 heavy (non-hydrogen) atoms. The van der Waals surface area contributed by atoms with Gasteiger partial charge in [0.05, 0.1) is 19.6 Å². The first kappa shape index (κ1) is 25.8. The molecule has 0 radical (unpaired) electrons. The molecule has 1 heterocycles. The average molecular weight is 461 g/mol. The van der Waals surface area contributed by atoms with Crippen molar-refractivity contribution in [2.24, 2.45) is 0 Å². The Balaban J connectivity index is 2.16. The van der Waals surface area contributed by atoms with Crippen LogP contribution < -0.4 is 27.2 Å². The second-order valence-corrected chi connectivity index (χ2v) is 7.57. The monoisotopic (exact) mass is 460 g/mol. The van der Waals surface area contributed by atoms with Gasteiger partial charge in [-0.25, -0.2) is 4.79 Å². The number of likely N-dealkylation sites (N-methyl/N-ethyl adjacent to an activating group) is 2. The van der Waals surface area contributed by atoms with E-state index in [2.05, 4.69) is 10.3 Å². The standard InChI is InChI=1S/C22H32N6O5/c1-4-27(18(30)15-26(2)14-17(29)24-11-8-12-33-3)19-20(23)28(22(32)25-21(19)31)13-16-9-6-5-7-10-16/h5-7,9-10H,4,8,11-15,23H2,1-3H3,(H,24,29)(H,25,31,32). The molecular formula is C22H32N6O5. The van der Waals surface area contributed by atoms with Crippen molar-refractivity contribution in [2.75, 3.05) is 57.6 Å². The Morgan fingerprint density at radius 1 is 1.18 bits per heavy atom. The highest BCUT2D eigenvalue weighted by Gasteiger charge is 2.24. The summed E-state index contributed by atoms with van der Waals surface area (Å²) in [5, 5.41) is 2.75. The number of nitrogens with zero attached hydrogens (tertiary/aromatic N) is 3. The van der Waals surface area contributed by atoms with Crippen LogP contribution in [-0.2, 0) is 20.9 Å². The molecule has 2 aromatic rings. The summed E-state index contributed by atoms with van der Waals surface area (Å²) < 4.78 is 6.16. The normalized spacial score (nSPS) is 10.9. The number of aromatic nitrogens is 2. The quantitative estimate of drug-likeness (QED) is 0.366. The summed E-state index contributed by atoms with van der Waals surface area (Å²) in [7, 11) is 3.22. The highest BCUT2D eigenvalue weighted by molar-refractivity contribution is 5.97. The Bertz CT molecular complexity index is 1050. The molecule has 0 aliphatic heterocycles. The summed E-state index contributed by atoms with van der Waals surface area (Å²) in [5.74, 6) is -0.742. The first-order chi connectivity index (χ1) is 15.8. The van der Waals surface area contributed by atoms with Crippen molar-refractivity contribution in [1.82, 2.24) is 19.8 Å². The third kappa shape index (κ3) is 7.29. The summed E-state index contributed by atoms with van der Waals surface area (Å²) in [4.78, 5) is 55.0. The van der Waals surface area contributed by atoms with Gasteiger partial charge in [-0.1, -0.05) is 30.3 Å². The molecule has 11 heteroatoms. The maximum Gasteiger partial charge on any atom is 0.330 e. The van der Waals surface area contributed by atoms with Crippen molar-refractivity contribution in [3.05, 3.63) is 56.7 Å². The Morgan fingerprint density at radius 3 is 2.52 bits per heavy atom. The fourth-order valence-corrected chi connectivity index (χ4v) is 3.34. The minimum Gasteiger partial charge on any atom is -0.385 e. The van der Waals surface area contributed by atoms with Crippen LogP contribution in [0.25, 0.3) is 0 Å². The molecule has 0 unspecified atom stereocenters. The lowest BCUT2D eigenvalue weighted by atomic mass is 10.2. The molecule has 0 fully saturated rings. The number of benzene rings is 1. The van der Waals surface area contributed by atoms with E-state index < -0.39 is 17.2 Å². The molecule has 1 aromatic heterocycles. The number of nitrogens with two attached hydrogens (primary N) is 1. The van der Waals surface area contributed by atoms with Crippen LogP contribution in [0.4, 0.5) is 11.5 Å². The van der Waals surface area contributed by atoms with E-state index in [1.165, 1.54) is 9.47 Å². The van der Waals surface area contributed by atoms with Crippen molar-refractivity contribution in [1.29, 1.82) is 0 Å². The minimum absolute atomic E-state index is 0.00954. The number of amides is 2. The zero-order chi connectivity index (χ0) is 24.4. The summed E-state index contributed by atoms with van der Waals surface area (Å²) in [6, 6.07) is 9.16. The van der Waals surface area contributed by atoms with E-state index in [4.69, 9.17) is 10.5 Å². The number of ether oxygens (including phenoxy) is 1. The molecule has 2 rings (SSSR count).